The first-order chi connectivity index (χ1) is 10.3. The van der Waals surface area contributed by atoms with Crippen molar-refractivity contribution in [3.8, 4) is 5.75 Å². The number of nitrogens with zero attached hydrogens (tertiary/aromatic N) is 3. The molecular weight excluding hydrogens is 264 g/mol. The molecule has 0 aliphatic carbocycles. The van der Waals surface area contributed by atoms with Gasteiger partial charge in [0, 0.05) is 50.8 Å². The maximum Gasteiger partial charge on any atom is 0.115 e. The summed E-state index contributed by atoms with van der Waals surface area (Å²) in [6.45, 7) is 6.28. The van der Waals surface area contributed by atoms with Crippen LogP contribution in [0.25, 0.3) is 0 Å². The monoisotopic (exact) mass is 286 g/mol. The second-order valence-electron chi connectivity index (χ2n) is 5.37. The molecule has 0 atom stereocenters. The molecule has 0 spiro atoms. The molecule has 5 nitrogen and oxygen atoms in total. The molecule has 1 saturated heterocycles. The van der Waals surface area contributed by atoms with Crippen LogP contribution in [0, 0.1) is 0 Å². The highest BCUT2D eigenvalue weighted by Gasteiger charge is 2.17. The molecule has 1 fully saturated rings. The predicted octanol–water partition coefficient (Wildman–Crippen LogP) is 1.36. The van der Waals surface area contributed by atoms with Crippen molar-refractivity contribution in [3.05, 3.63) is 48.8 Å². The molecule has 0 radical (unpaired) electrons. The van der Waals surface area contributed by atoms with Gasteiger partial charge in [-0.2, -0.15) is 0 Å². The number of anilines is 1. The average Bonchev–Trinajstić information content (AvgIpc) is 2.55. The van der Waals surface area contributed by atoms with Crippen molar-refractivity contribution in [3.63, 3.8) is 0 Å². The second-order valence-corrected chi connectivity index (χ2v) is 5.37. The van der Waals surface area contributed by atoms with Crippen molar-refractivity contribution in [2.75, 3.05) is 44.2 Å². The standard InChI is InChI=1S/C16H22N4O/c21-16-5-3-15(4-6-16)19-12-9-18(10-13-19)11-14-20-8-2-1-7-17-20/h1-8,17,21H,9-14H2. The molecule has 0 unspecified atom stereocenters. The molecule has 2 N–H and O–H groups in total. The van der Waals surface area contributed by atoms with Crippen LogP contribution in [0.15, 0.2) is 48.8 Å². The van der Waals surface area contributed by atoms with E-state index in [1.54, 1.807) is 12.1 Å². The van der Waals surface area contributed by atoms with Crippen LogP contribution in [0.5, 0.6) is 5.75 Å². The van der Waals surface area contributed by atoms with Gasteiger partial charge in [0.1, 0.15) is 5.75 Å². The number of aromatic hydroxyl groups is 1. The van der Waals surface area contributed by atoms with Crippen LogP contribution in [0.1, 0.15) is 0 Å². The lowest BCUT2D eigenvalue weighted by Crippen LogP contribution is -2.49. The van der Waals surface area contributed by atoms with Gasteiger partial charge >= 0.3 is 0 Å². The number of allylic oxidation sites excluding steroid dienone is 2. The molecule has 1 aromatic rings. The van der Waals surface area contributed by atoms with E-state index in [1.165, 1.54) is 5.69 Å². The van der Waals surface area contributed by atoms with Crippen molar-refractivity contribution >= 4 is 5.69 Å². The fourth-order valence-electron chi connectivity index (χ4n) is 2.67. The summed E-state index contributed by atoms with van der Waals surface area (Å²) in [5.74, 6) is 0.327. The first-order valence-corrected chi connectivity index (χ1v) is 7.44. The smallest absolute Gasteiger partial charge is 0.115 e. The summed E-state index contributed by atoms with van der Waals surface area (Å²) in [7, 11) is 0. The van der Waals surface area contributed by atoms with Crippen LogP contribution in [0.3, 0.4) is 0 Å². The molecule has 2 aliphatic rings. The largest absolute Gasteiger partial charge is 0.508 e. The van der Waals surface area contributed by atoms with Gasteiger partial charge in [0.15, 0.2) is 0 Å². The van der Waals surface area contributed by atoms with Gasteiger partial charge in [-0.25, -0.2) is 0 Å². The quantitative estimate of drug-likeness (QED) is 0.875. The molecule has 21 heavy (non-hydrogen) atoms. The van der Waals surface area contributed by atoms with Gasteiger partial charge in [0.25, 0.3) is 0 Å². The van der Waals surface area contributed by atoms with E-state index < -0.39 is 0 Å². The second kappa shape index (κ2) is 6.54. The number of hydrogen-bond donors (Lipinski definition) is 2. The van der Waals surface area contributed by atoms with Crippen molar-refractivity contribution in [2.24, 2.45) is 0 Å². The first-order valence-electron chi connectivity index (χ1n) is 7.44. The van der Waals surface area contributed by atoms with Crippen molar-refractivity contribution in [2.45, 2.75) is 0 Å². The number of hydrogen-bond acceptors (Lipinski definition) is 5. The lowest BCUT2D eigenvalue weighted by atomic mass is 10.2. The van der Waals surface area contributed by atoms with E-state index in [0.717, 1.165) is 39.3 Å². The number of benzene rings is 1. The number of piperazine rings is 1. The Bertz CT molecular complexity index is 504. The molecule has 3 rings (SSSR count). The molecule has 5 heteroatoms. The van der Waals surface area contributed by atoms with Gasteiger partial charge in [-0.3, -0.25) is 9.91 Å². The van der Waals surface area contributed by atoms with Crippen LogP contribution >= 0.6 is 0 Å². The van der Waals surface area contributed by atoms with E-state index in [2.05, 4.69) is 26.4 Å². The zero-order valence-electron chi connectivity index (χ0n) is 12.2. The molecule has 0 bridgehead atoms. The molecule has 1 aromatic carbocycles. The molecule has 2 heterocycles. The van der Waals surface area contributed by atoms with E-state index in [4.69, 9.17) is 0 Å². The van der Waals surface area contributed by atoms with E-state index in [9.17, 15) is 5.11 Å². The molecule has 0 aromatic heterocycles. The summed E-state index contributed by atoms with van der Waals surface area (Å²) in [6, 6.07) is 7.48. The van der Waals surface area contributed by atoms with Crippen LogP contribution in [0.2, 0.25) is 0 Å². The molecule has 0 amide bonds. The van der Waals surface area contributed by atoms with Gasteiger partial charge < -0.3 is 15.4 Å². The summed E-state index contributed by atoms with van der Waals surface area (Å²) in [4.78, 5) is 4.86. The maximum atomic E-state index is 9.34. The van der Waals surface area contributed by atoms with Gasteiger partial charge in [-0.15, -0.1) is 0 Å². The Morgan fingerprint density at radius 3 is 2.38 bits per heavy atom. The highest BCUT2D eigenvalue weighted by atomic mass is 16.3. The number of phenolic OH excluding ortho intramolecular Hbond substituents is 1. The molecule has 2 aliphatic heterocycles. The minimum atomic E-state index is 0.327. The van der Waals surface area contributed by atoms with Gasteiger partial charge in [-0.1, -0.05) is 0 Å². The number of nitrogens with one attached hydrogen (secondary N) is 1. The molecule has 112 valence electrons. The van der Waals surface area contributed by atoms with Crippen molar-refractivity contribution in [1.29, 1.82) is 0 Å². The van der Waals surface area contributed by atoms with Gasteiger partial charge in [0.2, 0.25) is 0 Å². The lowest BCUT2D eigenvalue weighted by Gasteiger charge is -2.37. The van der Waals surface area contributed by atoms with E-state index in [-0.39, 0.29) is 0 Å². The zero-order valence-corrected chi connectivity index (χ0v) is 12.2. The third-order valence-electron chi connectivity index (χ3n) is 3.96. The Hall–Kier alpha value is -2.14. The van der Waals surface area contributed by atoms with Crippen molar-refractivity contribution < 1.29 is 5.11 Å². The zero-order chi connectivity index (χ0) is 14.5. The Balaban J connectivity index is 1.43. The number of phenols is 1. The fourth-order valence-corrected chi connectivity index (χ4v) is 2.67. The molecule has 0 saturated carbocycles. The summed E-state index contributed by atoms with van der Waals surface area (Å²) in [5.41, 5.74) is 4.40. The fraction of sp³-hybridized carbons (Fsp3) is 0.375. The summed E-state index contributed by atoms with van der Waals surface area (Å²) in [5, 5.41) is 11.4. The Morgan fingerprint density at radius 2 is 1.71 bits per heavy atom. The topological polar surface area (TPSA) is 42.0 Å². The highest BCUT2D eigenvalue weighted by Crippen LogP contribution is 2.19. The number of rotatable bonds is 4. The van der Waals surface area contributed by atoms with Gasteiger partial charge in [0.05, 0.1) is 6.54 Å². The van der Waals surface area contributed by atoms with Crippen LogP contribution in [0.4, 0.5) is 5.69 Å². The van der Waals surface area contributed by atoms with Gasteiger partial charge in [-0.05, 0) is 36.4 Å². The maximum absolute atomic E-state index is 9.34. The van der Waals surface area contributed by atoms with Crippen molar-refractivity contribution in [1.82, 2.24) is 15.3 Å². The SMILES string of the molecule is Oc1ccc(N2CCN(CCN3C=CC=CN3)CC2)cc1. The van der Waals surface area contributed by atoms with Crippen LogP contribution < -0.4 is 10.3 Å². The van der Waals surface area contributed by atoms with Crippen LogP contribution in [-0.2, 0) is 0 Å². The highest BCUT2D eigenvalue weighted by molar-refractivity contribution is 5.49. The Labute approximate surface area is 125 Å². The summed E-state index contributed by atoms with van der Waals surface area (Å²) < 4.78 is 0. The minimum absolute atomic E-state index is 0.327. The summed E-state index contributed by atoms with van der Waals surface area (Å²) in [6.07, 6.45) is 8.04. The number of hydrazine groups is 1. The normalized spacial score (nSPS) is 18.9. The van der Waals surface area contributed by atoms with E-state index in [0.29, 0.717) is 5.75 Å². The average molecular weight is 286 g/mol. The van der Waals surface area contributed by atoms with E-state index >= 15 is 0 Å². The summed E-state index contributed by atoms with van der Waals surface area (Å²) >= 11 is 0. The molecular formula is C16H22N4O. The third-order valence-corrected chi connectivity index (χ3v) is 3.96. The predicted molar refractivity (Wildman–Crippen MR) is 84.9 cm³/mol. The lowest BCUT2D eigenvalue weighted by molar-refractivity contribution is 0.209. The Kier molecular flexibility index (Phi) is 4.31. The Morgan fingerprint density at radius 1 is 0.952 bits per heavy atom. The first kappa shape index (κ1) is 13.8. The minimum Gasteiger partial charge on any atom is -0.508 e. The van der Waals surface area contributed by atoms with Crippen LogP contribution in [-0.4, -0.2) is 54.3 Å². The third kappa shape index (κ3) is 3.70. The van der Waals surface area contributed by atoms with E-state index in [1.807, 2.05) is 30.5 Å².